The highest BCUT2D eigenvalue weighted by Gasteiger charge is 2.29. The Balaban J connectivity index is 1.93. The first-order valence-electron chi connectivity index (χ1n) is 6.25. The minimum absolute atomic E-state index is 0.430. The first kappa shape index (κ1) is 11.8. The van der Waals surface area contributed by atoms with E-state index in [0.29, 0.717) is 28.5 Å². The molecular weight excluding hydrogens is 246 g/mol. The third-order valence-corrected chi connectivity index (χ3v) is 4.12. The van der Waals surface area contributed by atoms with Crippen molar-refractivity contribution in [3.8, 4) is 0 Å². The molecule has 1 fully saturated rings. The van der Waals surface area contributed by atoms with E-state index >= 15 is 0 Å². The second kappa shape index (κ2) is 4.41. The number of nitrogen functional groups attached to an aromatic ring is 1. The van der Waals surface area contributed by atoms with Crippen LogP contribution < -0.4 is 11.1 Å². The maximum absolute atomic E-state index is 8.33. The van der Waals surface area contributed by atoms with Crippen molar-refractivity contribution in [3.63, 3.8) is 0 Å². The summed E-state index contributed by atoms with van der Waals surface area (Å²) >= 11 is 6.01. The highest BCUT2D eigenvalue weighted by atomic mass is 35.5. The fraction of sp³-hybridized carbons (Fsp3) is 0.357. The van der Waals surface area contributed by atoms with E-state index in [4.69, 9.17) is 22.7 Å². The molecule has 1 saturated heterocycles. The lowest BCUT2D eigenvalue weighted by atomic mass is 9.93. The molecule has 2 aliphatic rings. The van der Waals surface area contributed by atoms with Crippen molar-refractivity contribution in [1.29, 1.82) is 5.41 Å². The normalized spacial score (nSPS) is 25.9. The molecule has 2 atom stereocenters. The number of halogens is 1. The molecule has 0 aliphatic carbocycles. The summed E-state index contributed by atoms with van der Waals surface area (Å²) in [5, 5.41) is 12.4. The predicted octanol–water partition coefficient (Wildman–Crippen LogP) is 2.74. The molecule has 2 heterocycles. The summed E-state index contributed by atoms with van der Waals surface area (Å²) in [6, 6.07) is 6.43. The molecule has 4 N–H and O–H groups in total. The molecule has 1 aromatic rings. The first-order valence-corrected chi connectivity index (χ1v) is 6.63. The predicted molar refractivity (Wildman–Crippen MR) is 75.3 cm³/mol. The summed E-state index contributed by atoms with van der Waals surface area (Å²) in [6.45, 7) is 0. The molecule has 94 valence electrons. The number of nitrogens with one attached hydrogen (secondary N) is 2. The van der Waals surface area contributed by atoms with Crippen molar-refractivity contribution in [2.45, 2.75) is 31.3 Å². The SMILES string of the molecule is N=C(C1=CC2CCC(C1)N2)c1cccc(Cl)c1N. The Labute approximate surface area is 112 Å². The molecule has 0 amide bonds. The standard InChI is InChI=1S/C14H16ClN3/c15-12-3-1-2-11(14(12)17)13(16)8-6-9-4-5-10(7-8)18-9/h1-3,6,9-10,16,18H,4-5,7,17H2. The minimum Gasteiger partial charge on any atom is -0.397 e. The quantitative estimate of drug-likeness (QED) is 0.566. The number of nitrogens with two attached hydrogens (primary N) is 1. The fourth-order valence-electron chi connectivity index (χ4n) is 2.83. The molecule has 4 heteroatoms. The average molecular weight is 262 g/mol. The van der Waals surface area contributed by atoms with E-state index in [0.717, 1.165) is 17.6 Å². The Kier molecular flexibility index (Phi) is 2.88. The summed E-state index contributed by atoms with van der Waals surface area (Å²) in [7, 11) is 0. The number of hydrogen-bond donors (Lipinski definition) is 3. The zero-order valence-electron chi connectivity index (χ0n) is 10.0. The van der Waals surface area contributed by atoms with Crippen LogP contribution >= 0.6 is 11.6 Å². The second-order valence-corrected chi connectivity index (χ2v) is 5.43. The zero-order chi connectivity index (χ0) is 12.7. The maximum Gasteiger partial charge on any atom is 0.0663 e. The van der Waals surface area contributed by atoms with Gasteiger partial charge in [0.05, 0.1) is 16.4 Å². The zero-order valence-corrected chi connectivity index (χ0v) is 10.8. The van der Waals surface area contributed by atoms with Crippen LogP contribution in [0.4, 0.5) is 5.69 Å². The van der Waals surface area contributed by atoms with Gasteiger partial charge in [0.2, 0.25) is 0 Å². The molecule has 0 saturated carbocycles. The van der Waals surface area contributed by atoms with E-state index < -0.39 is 0 Å². The van der Waals surface area contributed by atoms with E-state index in [-0.39, 0.29) is 0 Å². The summed E-state index contributed by atoms with van der Waals surface area (Å²) in [4.78, 5) is 0. The molecule has 2 aliphatic heterocycles. The van der Waals surface area contributed by atoms with Crippen LogP contribution in [-0.2, 0) is 0 Å². The third-order valence-electron chi connectivity index (χ3n) is 3.79. The highest BCUT2D eigenvalue weighted by molar-refractivity contribution is 6.34. The summed E-state index contributed by atoms with van der Waals surface area (Å²) in [5.41, 5.74) is 8.83. The Morgan fingerprint density at radius 3 is 3.00 bits per heavy atom. The van der Waals surface area contributed by atoms with Gasteiger partial charge in [0.15, 0.2) is 0 Å². The molecule has 0 radical (unpaired) electrons. The van der Waals surface area contributed by atoms with Gasteiger partial charge in [0, 0.05) is 17.6 Å². The van der Waals surface area contributed by atoms with Crippen molar-refractivity contribution in [2.24, 2.45) is 0 Å². The van der Waals surface area contributed by atoms with Crippen LogP contribution in [-0.4, -0.2) is 17.8 Å². The molecule has 3 nitrogen and oxygen atoms in total. The van der Waals surface area contributed by atoms with E-state index in [1.165, 1.54) is 12.8 Å². The Morgan fingerprint density at radius 2 is 2.22 bits per heavy atom. The summed E-state index contributed by atoms with van der Waals surface area (Å²) in [6.07, 6.45) is 5.46. The smallest absolute Gasteiger partial charge is 0.0663 e. The van der Waals surface area contributed by atoms with Crippen LogP contribution in [0.3, 0.4) is 0 Å². The second-order valence-electron chi connectivity index (χ2n) is 5.02. The fourth-order valence-corrected chi connectivity index (χ4v) is 3.01. The van der Waals surface area contributed by atoms with Crippen molar-refractivity contribution in [3.05, 3.63) is 40.4 Å². The highest BCUT2D eigenvalue weighted by Crippen LogP contribution is 2.30. The molecule has 18 heavy (non-hydrogen) atoms. The molecule has 2 bridgehead atoms. The van der Waals surface area contributed by atoms with Crippen LogP contribution in [0.2, 0.25) is 5.02 Å². The lowest BCUT2D eigenvalue weighted by molar-refractivity contribution is 0.558. The van der Waals surface area contributed by atoms with E-state index in [2.05, 4.69) is 11.4 Å². The Hall–Kier alpha value is -1.32. The van der Waals surface area contributed by atoms with Gasteiger partial charge in [0.1, 0.15) is 0 Å². The molecule has 2 unspecified atom stereocenters. The molecule has 1 aromatic carbocycles. The lowest BCUT2D eigenvalue weighted by Gasteiger charge is -2.22. The number of benzene rings is 1. The Morgan fingerprint density at radius 1 is 1.39 bits per heavy atom. The Bertz CT molecular complexity index is 536. The van der Waals surface area contributed by atoms with E-state index in [1.807, 2.05) is 12.1 Å². The van der Waals surface area contributed by atoms with Gasteiger partial charge in [-0.15, -0.1) is 0 Å². The van der Waals surface area contributed by atoms with Crippen LogP contribution in [0, 0.1) is 5.41 Å². The minimum atomic E-state index is 0.430. The van der Waals surface area contributed by atoms with Crippen molar-refractivity contribution in [2.75, 3.05) is 5.73 Å². The van der Waals surface area contributed by atoms with Gasteiger partial charge in [-0.25, -0.2) is 0 Å². The molecule has 0 spiro atoms. The van der Waals surface area contributed by atoms with Gasteiger partial charge in [-0.05, 0) is 30.9 Å². The van der Waals surface area contributed by atoms with Crippen LogP contribution in [0.5, 0.6) is 0 Å². The van der Waals surface area contributed by atoms with Gasteiger partial charge in [-0.3, -0.25) is 5.41 Å². The lowest BCUT2D eigenvalue weighted by Crippen LogP contribution is -2.34. The molecular formula is C14H16ClN3. The maximum atomic E-state index is 8.33. The van der Waals surface area contributed by atoms with Crippen molar-refractivity contribution < 1.29 is 0 Å². The van der Waals surface area contributed by atoms with E-state index in [1.54, 1.807) is 6.07 Å². The summed E-state index contributed by atoms with van der Waals surface area (Å²) < 4.78 is 0. The van der Waals surface area contributed by atoms with Crippen molar-refractivity contribution >= 4 is 23.0 Å². The van der Waals surface area contributed by atoms with Gasteiger partial charge < -0.3 is 11.1 Å². The van der Waals surface area contributed by atoms with Gasteiger partial charge >= 0.3 is 0 Å². The van der Waals surface area contributed by atoms with Gasteiger partial charge in [0.25, 0.3) is 0 Å². The first-order chi connectivity index (χ1) is 8.65. The number of hydrogen-bond acceptors (Lipinski definition) is 3. The molecule has 3 rings (SSSR count). The third kappa shape index (κ3) is 1.93. The largest absolute Gasteiger partial charge is 0.397 e. The van der Waals surface area contributed by atoms with Crippen LogP contribution in [0.25, 0.3) is 0 Å². The van der Waals surface area contributed by atoms with Crippen molar-refractivity contribution in [1.82, 2.24) is 5.32 Å². The van der Waals surface area contributed by atoms with Crippen LogP contribution in [0.1, 0.15) is 24.8 Å². The monoisotopic (exact) mass is 261 g/mol. The number of para-hydroxylation sites is 1. The number of rotatable bonds is 2. The number of fused-ring (bicyclic) bond motifs is 2. The van der Waals surface area contributed by atoms with Gasteiger partial charge in [-0.2, -0.15) is 0 Å². The number of anilines is 1. The van der Waals surface area contributed by atoms with Gasteiger partial charge in [-0.1, -0.05) is 29.8 Å². The average Bonchev–Trinajstić information content (AvgIpc) is 2.71. The van der Waals surface area contributed by atoms with E-state index in [9.17, 15) is 0 Å². The summed E-state index contributed by atoms with van der Waals surface area (Å²) in [5.74, 6) is 0. The van der Waals surface area contributed by atoms with Crippen LogP contribution in [0.15, 0.2) is 29.8 Å². The topological polar surface area (TPSA) is 61.9 Å². The molecule has 0 aromatic heterocycles.